The van der Waals surface area contributed by atoms with Gasteiger partial charge in [0.25, 0.3) is 5.69 Å². The largest absolute Gasteiger partial charge is 0.353 e. The van der Waals surface area contributed by atoms with Gasteiger partial charge in [0.1, 0.15) is 0 Å². The molecule has 1 heterocycles. The standard InChI is InChI=1S/C19H28N4O4/c1-4-18(24)20-14(2)17(15-5-7-16(8-6-15)23(26)27)13-19(25)22-11-9-21(3)10-12-22/h5-8,14,17H,4,9-13H2,1-3H3,(H,20,24)/t14-,17-/m1/s1. The number of non-ortho nitro benzene ring substituents is 1. The van der Waals surface area contributed by atoms with Crippen LogP contribution in [0.15, 0.2) is 24.3 Å². The first-order valence-corrected chi connectivity index (χ1v) is 9.31. The van der Waals surface area contributed by atoms with Gasteiger partial charge in [-0.25, -0.2) is 0 Å². The summed E-state index contributed by atoms with van der Waals surface area (Å²) in [4.78, 5) is 39.1. The normalized spacial score (nSPS) is 17.2. The Labute approximate surface area is 159 Å². The molecule has 0 saturated carbocycles. The number of benzene rings is 1. The van der Waals surface area contributed by atoms with E-state index in [0.717, 1.165) is 18.7 Å². The smallest absolute Gasteiger partial charge is 0.269 e. The number of piperazine rings is 1. The molecule has 2 rings (SSSR count). The number of nitro benzene ring substituents is 1. The van der Waals surface area contributed by atoms with E-state index in [4.69, 9.17) is 0 Å². The Balaban J connectivity index is 2.17. The van der Waals surface area contributed by atoms with Crippen molar-refractivity contribution in [1.29, 1.82) is 0 Å². The third-order valence-electron chi connectivity index (χ3n) is 5.10. The molecule has 0 aliphatic carbocycles. The molecule has 1 saturated heterocycles. The van der Waals surface area contributed by atoms with Crippen molar-refractivity contribution >= 4 is 17.5 Å². The van der Waals surface area contributed by atoms with Gasteiger partial charge in [-0.1, -0.05) is 19.1 Å². The Morgan fingerprint density at radius 2 is 1.78 bits per heavy atom. The molecule has 1 aliphatic rings. The fourth-order valence-corrected chi connectivity index (χ4v) is 3.26. The molecule has 1 fully saturated rings. The lowest BCUT2D eigenvalue weighted by Gasteiger charge is -2.34. The van der Waals surface area contributed by atoms with Crippen molar-refractivity contribution in [3.05, 3.63) is 39.9 Å². The highest BCUT2D eigenvalue weighted by molar-refractivity contribution is 5.78. The van der Waals surface area contributed by atoms with Crippen LogP contribution in [0, 0.1) is 10.1 Å². The summed E-state index contributed by atoms with van der Waals surface area (Å²) < 4.78 is 0. The molecule has 0 spiro atoms. The zero-order chi connectivity index (χ0) is 20.0. The maximum absolute atomic E-state index is 12.8. The number of carbonyl (C=O) groups is 2. The lowest BCUT2D eigenvalue weighted by Crippen LogP contribution is -2.48. The summed E-state index contributed by atoms with van der Waals surface area (Å²) in [5, 5.41) is 13.8. The van der Waals surface area contributed by atoms with Crippen LogP contribution in [0.4, 0.5) is 5.69 Å². The average molecular weight is 376 g/mol. The molecule has 0 unspecified atom stereocenters. The predicted molar refractivity (Wildman–Crippen MR) is 102 cm³/mol. The van der Waals surface area contributed by atoms with Gasteiger partial charge in [0.2, 0.25) is 11.8 Å². The zero-order valence-electron chi connectivity index (χ0n) is 16.2. The van der Waals surface area contributed by atoms with Gasteiger partial charge in [0.15, 0.2) is 0 Å². The molecule has 1 aromatic carbocycles. The molecular formula is C19H28N4O4. The molecule has 27 heavy (non-hydrogen) atoms. The van der Waals surface area contributed by atoms with Gasteiger partial charge < -0.3 is 15.1 Å². The summed E-state index contributed by atoms with van der Waals surface area (Å²) in [5.41, 5.74) is 0.820. The van der Waals surface area contributed by atoms with Crippen LogP contribution in [0.3, 0.4) is 0 Å². The monoisotopic (exact) mass is 376 g/mol. The first-order chi connectivity index (χ1) is 12.8. The first kappa shape index (κ1) is 20.8. The SMILES string of the molecule is CCC(=O)N[C@H](C)[C@@H](CC(=O)N1CCN(C)CC1)c1ccc([N+](=O)[O-])cc1. The minimum absolute atomic E-state index is 0.00754. The maximum Gasteiger partial charge on any atom is 0.269 e. The van der Waals surface area contributed by atoms with Gasteiger partial charge in [0.05, 0.1) is 4.92 Å². The molecule has 1 aliphatic heterocycles. The molecule has 8 heteroatoms. The highest BCUT2D eigenvalue weighted by atomic mass is 16.6. The van der Waals surface area contributed by atoms with Crippen molar-refractivity contribution in [3.63, 3.8) is 0 Å². The Hall–Kier alpha value is -2.48. The molecule has 0 aromatic heterocycles. The van der Waals surface area contributed by atoms with E-state index in [9.17, 15) is 19.7 Å². The quantitative estimate of drug-likeness (QED) is 0.578. The second-order valence-corrected chi connectivity index (χ2v) is 7.05. The van der Waals surface area contributed by atoms with Crippen molar-refractivity contribution in [2.24, 2.45) is 0 Å². The van der Waals surface area contributed by atoms with Crippen LogP contribution in [0.25, 0.3) is 0 Å². The van der Waals surface area contributed by atoms with Gasteiger partial charge >= 0.3 is 0 Å². The Morgan fingerprint density at radius 3 is 2.30 bits per heavy atom. The van der Waals surface area contributed by atoms with Crippen molar-refractivity contribution < 1.29 is 14.5 Å². The number of nitrogens with one attached hydrogen (secondary N) is 1. The van der Waals surface area contributed by atoms with Crippen molar-refractivity contribution in [3.8, 4) is 0 Å². The number of nitro groups is 1. The number of hydrogen-bond acceptors (Lipinski definition) is 5. The Morgan fingerprint density at radius 1 is 1.19 bits per heavy atom. The van der Waals surface area contributed by atoms with Gasteiger partial charge in [-0.3, -0.25) is 19.7 Å². The molecular weight excluding hydrogens is 348 g/mol. The van der Waals surface area contributed by atoms with E-state index in [1.807, 2.05) is 18.9 Å². The lowest BCUT2D eigenvalue weighted by molar-refractivity contribution is -0.384. The van der Waals surface area contributed by atoms with Gasteiger partial charge in [-0.05, 0) is 19.5 Å². The Kier molecular flexibility index (Phi) is 7.29. The summed E-state index contributed by atoms with van der Waals surface area (Å²) >= 11 is 0. The number of carbonyl (C=O) groups excluding carboxylic acids is 2. The van der Waals surface area contributed by atoms with E-state index in [1.54, 1.807) is 19.1 Å². The summed E-state index contributed by atoms with van der Waals surface area (Å²) in [6.45, 7) is 6.72. The molecule has 0 bridgehead atoms. The van der Waals surface area contributed by atoms with E-state index in [-0.39, 0.29) is 35.9 Å². The van der Waals surface area contributed by atoms with Crippen LogP contribution in [0.1, 0.15) is 38.2 Å². The van der Waals surface area contributed by atoms with Gasteiger partial charge in [0, 0.05) is 63.1 Å². The van der Waals surface area contributed by atoms with Crippen molar-refractivity contribution in [1.82, 2.24) is 15.1 Å². The topological polar surface area (TPSA) is 95.8 Å². The van der Waals surface area contributed by atoms with Crippen LogP contribution in [0.5, 0.6) is 0 Å². The van der Waals surface area contributed by atoms with E-state index in [2.05, 4.69) is 10.2 Å². The average Bonchev–Trinajstić information content (AvgIpc) is 2.66. The van der Waals surface area contributed by atoms with Crippen LogP contribution < -0.4 is 5.32 Å². The van der Waals surface area contributed by atoms with Crippen LogP contribution in [0.2, 0.25) is 0 Å². The van der Waals surface area contributed by atoms with Crippen LogP contribution in [-0.4, -0.2) is 65.8 Å². The molecule has 2 amide bonds. The maximum atomic E-state index is 12.8. The molecule has 148 valence electrons. The second-order valence-electron chi connectivity index (χ2n) is 7.05. The first-order valence-electron chi connectivity index (χ1n) is 9.31. The van der Waals surface area contributed by atoms with Crippen LogP contribution in [-0.2, 0) is 9.59 Å². The third-order valence-corrected chi connectivity index (χ3v) is 5.10. The van der Waals surface area contributed by atoms with E-state index < -0.39 is 4.92 Å². The van der Waals surface area contributed by atoms with Gasteiger partial charge in [-0.2, -0.15) is 0 Å². The fourth-order valence-electron chi connectivity index (χ4n) is 3.26. The number of amides is 2. The van der Waals surface area contributed by atoms with E-state index in [1.165, 1.54) is 12.1 Å². The van der Waals surface area contributed by atoms with Gasteiger partial charge in [-0.15, -0.1) is 0 Å². The van der Waals surface area contributed by atoms with E-state index >= 15 is 0 Å². The summed E-state index contributed by atoms with van der Waals surface area (Å²) in [6, 6.07) is 5.98. The number of hydrogen-bond donors (Lipinski definition) is 1. The summed E-state index contributed by atoms with van der Waals surface area (Å²) in [7, 11) is 2.03. The zero-order valence-corrected chi connectivity index (χ0v) is 16.2. The highest BCUT2D eigenvalue weighted by Crippen LogP contribution is 2.27. The summed E-state index contributed by atoms with van der Waals surface area (Å²) in [5.74, 6) is -0.279. The Bertz CT molecular complexity index is 669. The molecule has 2 atom stereocenters. The number of nitrogens with zero attached hydrogens (tertiary/aromatic N) is 3. The molecule has 0 radical (unpaired) electrons. The molecule has 1 aromatic rings. The van der Waals surface area contributed by atoms with Crippen LogP contribution >= 0.6 is 0 Å². The fraction of sp³-hybridized carbons (Fsp3) is 0.579. The number of rotatable bonds is 7. The minimum Gasteiger partial charge on any atom is -0.353 e. The van der Waals surface area contributed by atoms with Crippen molar-refractivity contribution in [2.45, 2.75) is 38.6 Å². The summed E-state index contributed by atoms with van der Waals surface area (Å²) in [6.07, 6.45) is 0.621. The number of likely N-dealkylation sites (N-methyl/N-ethyl adjacent to an activating group) is 1. The second kappa shape index (κ2) is 9.45. The predicted octanol–water partition coefficient (Wildman–Crippen LogP) is 1.76. The molecule has 1 N–H and O–H groups in total. The van der Waals surface area contributed by atoms with E-state index in [0.29, 0.717) is 19.5 Å². The van der Waals surface area contributed by atoms with Crippen molar-refractivity contribution in [2.75, 3.05) is 33.2 Å². The lowest BCUT2D eigenvalue weighted by atomic mass is 9.88. The molecule has 8 nitrogen and oxygen atoms in total. The third kappa shape index (κ3) is 5.75. The highest BCUT2D eigenvalue weighted by Gasteiger charge is 2.27. The minimum atomic E-state index is -0.448.